The van der Waals surface area contributed by atoms with Crippen LogP contribution in [0.2, 0.25) is 0 Å². The van der Waals surface area contributed by atoms with Crippen LogP contribution in [-0.2, 0) is 0 Å². The molecule has 2 aromatic heterocycles. The summed E-state index contributed by atoms with van der Waals surface area (Å²) in [7, 11) is 0. The molecule has 5 rings (SSSR count). The number of aromatic amines is 1. The quantitative estimate of drug-likeness (QED) is 0.370. The van der Waals surface area contributed by atoms with Gasteiger partial charge in [-0.25, -0.2) is 4.39 Å². The lowest BCUT2D eigenvalue weighted by Gasteiger charge is -2.30. The van der Waals surface area contributed by atoms with Crippen LogP contribution in [-0.4, -0.2) is 56.9 Å². The molecule has 1 aliphatic heterocycles. The van der Waals surface area contributed by atoms with Crippen LogP contribution < -0.4 is 9.47 Å². The Balaban J connectivity index is 1.44. The molecule has 0 radical (unpaired) electrons. The number of H-pyrrole nitrogens is 1. The van der Waals surface area contributed by atoms with Crippen molar-refractivity contribution in [3.8, 4) is 40.1 Å². The van der Waals surface area contributed by atoms with Crippen molar-refractivity contribution in [1.82, 2.24) is 20.1 Å². The zero-order chi connectivity index (χ0) is 25.2. The Morgan fingerprint density at radius 2 is 1.92 bits per heavy atom. The van der Waals surface area contributed by atoms with Crippen LogP contribution in [0.25, 0.3) is 22.8 Å². The van der Waals surface area contributed by atoms with Crippen LogP contribution in [0.5, 0.6) is 17.2 Å². The smallest absolute Gasteiger partial charge is 0.264 e. The predicted octanol–water partition coefficient (Wildman–Crippen LogP) is 4.58. The van der Waals surface area contributed by atoms with E-state index < -0.39 is 11.9 Å². The van der Waals surface area contributed by atoms with Crippen LogP contribution in [0.3, 0.4) is 0 Å². The molecular formula is C26H25FN4O5. The van der Waals surface area contributed by atoms with Crippen LogP contribution in [0.15, 0.2) is 52.9 Å². The minimum absolute atomic E-state index is 0.0259. The number of carbonyl (C=O) groups is 1. The SMILES string of the molecule is Cc1nnc(-c2ccc(-c3cc(Oc4ccc(C(=O)N5CCC5)cc4F)cc(O[C@@H](C)CO)c3)[nH]2)o1. The highest BCUT2D eigenvalue weighted by molar-refractivity contribution is 5.94. The average molecular weight is 493 g/mol. The number of nitrogens with zero attached hydrogens (tertiary/aromatic N) is 3. The third kappa shape index (κ3) is 4.94. The zero-order valence-electron chi connectivity index (χ0n) is 19.8. The van der Waals surface area contributed by atoms with Crippen molar-refractivity contribution in [2.75, 3.05) is 19.7 Å². The van der Waals surface area contributed by atoms with Crippen LogP contribution >= 0.6 is 0 Å². The molecule has 3 heterocycles. The van der Waals surface area contributed by atoms with Crippen molar-refractivity contribution in [3.63, 3.8) is 0 Å². The number of aliphatic hydroxyl groups is 1. The van der Waals surface area contributed by atoms with E-state index in [-0.39, 0.29) is 23.8 Å². The highest BCUT2D eigenvalue weighted by Gasteiger charge is 2.23. The van der Waals surface area contributed by atoms with Gasteiger partial charge in [-0.3, -0.25) is 4.79 Å². The van der Waals surface area contributed by atoms with Crippen molar-refractivity contribution in [2.45, 2.75) is 26.4 Å². The van der Waals surface area contributed by atoms with Gasteiger partial charge in [-0.15, -0.1) is 10.2 Å². The summed E-state index contributed by atoms with van der Waals surface area (Å²) in [5.41, 5.74) is 2.32. The lowest BCUT2D eigenvalue weighted by atomic mass is 10.1. The van der Waals surface area contributed by atoms with Crippen molar-refractivity contribution in [3.05, 3.63) is 65.8 Å². The standard InChI is InChI=1S/C26H25FN4O5/c1-15(14-32)34-19-10-18(22-5-6-23(28-22)25-30-29-16(2)35-25)11-20(13-19)36-24-7-4-17(12-21(24)27)26(33)31-8-3-9-31/h4-7,10-13,15,28,32H,3,8-9,14H2,1-2H3/t15-/m0/s1. The number of rotatable bonds is 8. The van der Waals surface area contributed by atoms with Gasteiger partial charge in [0.15, 0.2) is 11.6 Å². The molecule has 4 aromatic rings. The maximum Gasteiger partial charge on any atom is 0.264 e. The number of ether oxygens (including phenoxy) is 2. The molecule has 0 unspecified atom stereocenters. The van der Waals surface area contributed by atoms with Crippen LogP contribution in [0, 0.1) is 12.7 Å². The molecule has 0 bridgehead atoms. The molecule has 0 saturated carbocycles. The van der Waals surface area contributed by atoms with E-state index in [2.05, 4.69) is 15.2 Å². The fourth-order valence-electron chi connectivity index (χ4n) is 3.76. The molecule has 0 spiro atoms. The summed E-state index contributed by atoms with van der Waals surface area (Å²) in [4.78, 5) is 17.3. The number of aliphatic hydroxyl groups excluding tert-OH is 1. The van der Waals surface area contributed by atoms with Gasteiger partial charge in [-0.2, -0.15) is 0 Å². The number of aromatic nitrogens is 3. The highest BCUT2D eigenvalue weighted by atomic mass is 19.1. The first-order chi connectivity index (χ1) is 17.4. The molecule has 1 amide bonds. The Kier molecular flexibility index (Phi) is 6.43. The minimum atomic E-state index is -0.646. The number of hydrogen-bond acceptors (Lipinski definition) is 7. The van der Waals surface area contributed by atoms with E-state index in [1.807, 2.05) is 6.07 Å². The molecule has 186 valence electrons. The van der Waals surface area contributed by atoms with Gasteiger partial charge in [-0.1, -0.05) is 0 Å². The molecular weight excluding hydrogens is 467 g/mol. The highest BCUT2D eigenvalue weighted by Crippen LogP contribution is 2.34. The topological polar surface area (TPSA) is 114 Å². The normalized spacial score (nSPS) is 13.8. The first-order valence-electron chi connectivity index (χ1n) is 11.6. The first-order valence-corrected chi connectivity index (χ1v) is 11.6. The van der Waals surface area contributed by atoms with E-state index in [9.17, 15) is 14.3 Å². The molecule has 2 N–H and O–H groups in total. The van der Waals surface area contributed by atoms with E-state index in [1.54, 1.807) is 49.1 Å². The fourth-order valence-corrected chi connectivity index (χ4v) is 3.76. The number of likely N-dealkylation sites (tertiary alicyclic amines) is 1. The van der Waals surface area contributed by atoms with E-state index in [1.165, 1.54) is 12.1 Å². The van der Waals surface area contributed by atoms with Crippen LogP contribution in [0.1, 0.15) is 29.6 Å². The largest absolute Gasteiger partial charge is 0.488 e. The molecule has 1 atom stereocenters. The summed E-state index contributed by atoms with van der Waals surface area (Å²) < 4.78 is 32.0. The van der Waals surface area contributed by atoms with Gasteiger partial charge in [0, 0.05) is 42.9 Å². The number of nitrogens with one attached hydrogen (secondary N) is 1. The third-order valence-corrected chi connectivity index (χ3v) is 5.78. The van der Waals surface area contributed by atoms with Crippen LogP contribution in [0.4, 0.5) is 4.39 Å². The Morgan fingerprint density at radius 1 is 1.14 bits per heavy atom. The molecule has 10 heteroatoms. The van der Waals surface area contributed by atoms with Crippen molar-refractivity contribution in [1.29, 1.82) is 0 Å². The summed E-state index contributed by atoms with van der Waals surface area (Å²) in [6.45, 7) is 4.63. The second-order valence-corrected chi connectivity index (χ2v) is 8.61. The Bertz CT molecular complexity index is 1390. The van der Waals surface area contributed by atoms with Crippen molar-refractivity contribution >= 4 is 5.91 Å². The van der Waals surface area contributed by atoms with Crippen molar-refractivity contribution in [2.24, 2.45) is 0 Å². The summed E-state index contributed by atoms with van der Waals surface area (Å²) in [6.07, 6.45) is 0.499. The summed E-state index contributed by atoms with van der Waals surface area (Å²) >= 11 is 0. The second-order valence-electron chi connectivity index (χ2n) is 8.61. The first kappa shape index (κ1) is 23.6. The number of hydrogen-bond donors (Lipinski definition) is 2. The molecule has 2 aromatic carbocycles. The van der Waals surface area contributed by atoms with Gasteiger partial charge in [0.1, 0.15) is 23.3 Å². The molecule has 1 aliphatic rings. The third-order valence-electron chi connectivity index (χ3n) is 5.78. The van der Waals surface area contributed by atoms with Gasteiger partial charge in [0.05, 0.1) is 6.61 Å². The maximum atomic E-state index is 14.9. The number of halogens is 1. The molecule has 9 nitrogen and oxygen atoms in total. The Labute approximate surface area is 206 Å². The minimum Gasteiger partial charge on any atom is -0.488 e. The number of amides is 1. The van der Waals surface area contributed by atoms with Crippen molar-refractivity contribution < 1.29 is 28.2 Å². The van der Waals surface area contributed by atoms with Gasteiger partial charge in [0.2, 0.25) is 5.89 Å². The molecule has 0 aliphatic carbocycles. The molecule has 36 heavy (non-hydrogen) atoms. The molecule has 1 fully saturated rings. The number of aryl methyl sites for hydroxylation is 1. The van der Waals surface area contributed by atoms with E-state index >= 15 is 0 Å². The second kappa shape index (κ2) is 9.82. The average Bonchev–Trinajstić information content (AvgIpc) is 3.48. The molecule has 1 saturated heterocycles. The lowest BCUT2D eigenvalue weighted by Crippen LogP contribution is -2.42. The Morgan fingerprint density at radius 3 is 2.58 bits per heavy atom. The Hall–Kier alpha value is -4.18. The summed E-state index contributed by atoms with van der Waals surface area (Å²) in [5, 5.41) is 17.3. The number of benzene rings is 2. The van der Waals surface area contributed by atoms with Gasteiger partial charge in [0.25, 0.3) is 11.8 Å². The van der Waals surface area contributed by atoms with Gasteiger partial charge in [-0.05, 0) is 55.8 Å². The van der Waals surface area contributed by atoms with Gasteiger partial charge < -0.3 is 28.9 Å². The maximum absolute atomic E-state index is 14.9. The number of carbonyl (C=O) groups excluding carboxylic acids is 1. The fraction of sp³-hybridized carbons (Fsp3) is 0.269. The van der Waals surface area contributed by atoms with E-state index in [0.29, 0.717) is 53.3 Å². The zero-order valence-corrected chi connectivity index (χ0v) is 19.8. The lowest BCUT2D eigenvalue weighted by molar-refractivity contribution is 0.0651. The summed E-state index contributed by atoms with van der Waals surface area (Å²) in [5.74, 6) is 0.684. The monoisotopic (exact) mass is 492 g/mol. The predicted molar refractivity (Wildman–Crippen MR) is 128 cm³/mol. The van der Waals surface area contributed by atoms with E-state index in [4.69, 9.17) is 13.9 Å². The van der Waals surface area contributed by atoms with E-state index in [0.717, 1.165) is 6.42 Å². The summed E-state index contributed by atoms with van der Waals surface area (Å²) in [6, 6.07) is 12.9. The van der Waals surface area contributed by atoms with Gasteiger partial charge >= 0.3 is 0 Å².